The molecule has 0 atom stereocenters. The number of aromatic nitrogens is 4. The molecule has 35 heavy (non-hydrogen) atoms. The largest absolute Gasteiger partial charge is 0.497 e. The maximum atomic E-state index is 12.8. The van der Waals surface area contributed by atoms with Crippen molar-refractivity contribution in [2.45, 2.75) is 13.1 Å². The summed E-state index contributed by atoms with van der Waals surface area (Å²) >= 11 is 0. The van der Waals surface area contributed by atoms with E-state index in [-0.39, 0.29) is 12.5 Å². The van der Waals surface area contributed by atoms with E-state index in [1.54, 1.807) is 36.3 Å². The Labute approximate surface area is 199 Å². The summed E-state index contributed by atoms with van der Waals surface area (Å²) in [5, 5.41) is 4.43. The predicted molar refractivity (Wildman–Crippen MR) is 127 cm³/mol. The van der Waals surface area contributed by atoms with Crippen molar-refractivity contribution in [1.82, 2.24) is 29.5 Å². The molecule has 0 aliphatic carbocycles. The third-order valence-corrected chi connectivity index (χ3v) is 6.08. The van der Waals surface area contributed by atoms with Crippen molar-refractivity contribution >= 4 is 16.8 Å². The summed E-state index contributed by atoms with van der Waals surface area (Å²) in [5.41, 5.74) is 0.219. The Kier molecular flexibility index (Phi) is 6.15. The van der Waals surface area contributed by atoms with Gasteiger partial charge in [-0.15, -0.1) is 0 Å². The third-order valence-electron chi connectivity index (χ3n) is 6.08. The van der Waals surface area contributed by atoms with Crippen LogP contribution in [0.5, 0.6) is 5.75 Å². The molecular formula is C24H24N6O5. The van der Waals surface area contributed by atoms with E-state index < -0.39 is 11.2 Å². The number of methoxy groups -OCH3 is 1. The number of para-hydroxylation sites is 1. The molecule has 11 heteroatoms. The Balaban J connectivity index is 1.18. The van der Waals surface area contributed by atoms with Crippen LogP contribution in [0.1, 0.15) is 5.89 Å². The van der Waals surface area contributed by atoms with Crippen molar-refractivity contribution in [3.8, 4) is 17.1 Å². The molecule has 4 aromatic rings. The molecule has 0 radical (unpaired) electrons. The second-order valence-corrected chi connectivity index (χ2v) is 8.26. The highest BCUT2D eigenvalue weighted by Crippen LogP contribution is 2.20. The number of rotatable bonds is 6. The van der Waals surface area contributed by atoms with Crippen LogP contribution in [0.2, 0.25) is 0 Å². The highest BCUT2D eigenvalue weighted by molar-refractivity contribution is 5.79. The Bertz CT molecular complexity index is 1460. The third kappa shape index (κ3) is 4.71. The van der Waals surface area contributed by atoms with Gasteiger partial charge in [0, 0.05) is 31.7 Å². The van der Waals surface area contributed by atoms with Gasteiger partial charge in [0.15, 0.2) is 0 Å². The molecule has 2 aromatic carbocycles. The minimum absolute atomic E-state index is 0.271. The van der Waals surface area contributed by atoms with E-state index in [0.29, 0.717) is 55.3 Å². The van der Waals surface area contributed by atoms with Gasteiger partial charge in [0.25, 0.3) is 5.56 Å². The number of fused-ring (bicyclic) bond motifs is 1. The van der Waals surface area contributed by atoms with E-state index in [0.717, 1.165) is 15.9 Å². The van der Waals surface area contributed by atoms with Crippen molar-refractivity contribution < 1.29 is 14.1 Å². The van der Waals surface area contributed by atoms with Crippen molar-refractivity contribution in [3.05, 3.63) is 75.3 Å². The Morgan fingerprint density at radius 3 is 2.54 bits per heavy atom. The number of piperazine rings is 1. The summed E-state index contributed by atoms with van der Waals surface area (Å²) in [4.78, 5) is 48.8. The zero-order valence-electron chi connectivity index (χ0n) is 19.1. The van der Waals surface area contributed by atoms with Crippen molar-refractivity contribution in [3.63, 3.8) is 0 Å². The second-order valence-electron chi connectivity index (χ2n) is 8.26. The van der Waals surface area contributed by atoms with E-state index in [1.165, 1.54) is 0 Å². The van der Waals surface area contributed by atoms with Crippen LogP contribution in [-0.2, 0) is 17.9 Å². The molecule has 1 N–H and O–H groups in total. The van der Waals surface area contributed by atoms with Gasteiger partial charge in [-0.1, -0.05) is 17.3 Å². The fourth-order valence-electron chi connectivity index (χ4n) is 4.10. The standard InChI is InChI=1S/C24H24N6O5/c1-34-17-8-6-16(7-9-17)22-26-20(35-27-22)14-28-10-12-29(13-11-28)21(31)15-30-23(32)18-4-2-3-5-19(18)25-24(30)33/h2-9H,10-15H2,1H3,(H,25,33). The first-order valence-corrected chi connectivity index (χ1v) is 11.2. The van der Waals surface area contributed by atoms with Crippen LogP contribution >= 0.6 is 0 Å². The second kappa shape index (κ2) is 9.55. The van der Waals surface area contributed by atoms with Gasteiger partial charge in [0.2, 0.25) is 17.6 Å². The monoisotopic (exact) mass is 476 g/mol. The van der Waals surface area contributed by atoms with Crippen molar-refractivity contribution in [1.29, 1.82) is 0 Å². The number of ether oxygens (including phenoxy) is 1. The molecule has 1 saturated heterocycles. The lowest BCUT2D eigenvalue weighted by Crippen LogP contribution is -2.50. The zero-order valence-corrected chi connectivity index (χ0v) is 19.1. The Hall–Kier alpha value is -4.25. The lowest BCUT2D eigenvalue weighted by Gasteiger charge is -2.34. The Morgan fingerprint density at radius 1 is 1.06 bits per heavy atom. The van der Waals surface area contributed by atoms with Gasteiger partial charge in [0.05, 0.1) is 24.6 Å². The van der Waals surface area contributed by atoms with Gasteiger partial charge in [-0.2, -0.15) is 4.98 Å². The first-order valence-electron chi connectivity index (χ1n) is 11.2. The van der Waals surface area contributed by atoms with Gasteiger partial charge >= 0.3 is 5.69 Å². The fraction of sp³-hybridized carbons (Fsp3) is 0.292. The van der Waals surface area contributed by atoms with Gasteiger partial charge in [-0.25, -0.2) is 4.79 Å². The topological polar surface area (TPSA) is 127 Å². The number of H-pyrrole nitrogens is 1. The average molecular weight is 476 g/mol. The highest BCUT2D eigenvalue weighted by atomic mass is 16.5. The summed E-state index contributed by atoms with van der Waals surface area (Å²) in [7, 11) is 1.61. The molecule has 1 fully saturated rings. The zero-order chi connectivity index (χ0) is 24.4. The van der Waals surface area contributed by atoms with E-state index >= 15 is 0 Å². The lowest BCUT2D eigenvalue weighted by molar-refractivity contribution is -0.133. The minimum atomic E-state index is -0.593. The molecule has 0 unspecified atom stereocenters. The molecule has 1 aliphatic rings. The number of aromatic amines is 1. The average Bonchev–Trinajstić information content (AvgIpc) is 3.35. The number of hydrogen-bond acceptors (Lipinski definition) is 8. The fourth-order valence-corrected chi connectivity index (χ4v) is 4.10. The molecule has 1 aliphatic heterocycles. The summed E-state index contributed by atoms with van der Waals surface area (Å²) in [6, 6.07) is 14.1. The van der Waals surface area contributed by atoms with Gasteiger partial charge < -0.3 is 19.1 Å². The Morgan fingerprint density at radius 2 is 1.80 bits per heavy atom. The molecule has 0 spiro atoms. The van der Waals surface area contributed by atoms with Crippen molar-refractivity contribution in [2.24, 2.45) is 0 Å². The maximum Gasteiger partial charge on any atom is 0.329 e. The minimum Gasteiger partial charge on any atom is -0.497 e. The SMILES string of the molecule is COc1ccc(-c2noc(CN3CCN(C(=O)Cn4c(=O)[nH]c5ccccc5c4=O)CC3)n2)cc1. The normalized spacial score (nSPS) is 14.4. The number of hydrogen-bond donors (Lipinski definition) is 1. The first-order chi connectivity index (χ1) is 17.0. The van der Waals surface area contributed by atoms with Gasteiger partial charge in [-0.05, 0) is 36.4 Å². The number of amides is 1. The number of carbonyl (C=O) groups excluding carboxylic acids is 1. The summed E-state index contributed by atoms with van der Waals surface area (Å²) in [6.07, 6.45) is 0. The first kappa shape index (κ1) is 22.5. The molecule has 5 rings (SSSR count). The van der Waals surface area contributed by atoms with E-state index in [9.17, 15) is 14.4 Å². The quantitative estimate of drug-likeness (QED) is 0.438. The smallest absolute Gasteiger partial charge is 0.329 e. The van der Waals surface area contributed by atoms with Crippen LogP contribution in [-0.4, -0.2) is 68.7 Å². The predicted octanol–water partition coefficient (Wildman–Crippen LogP) is 1.09. The van der Waals surface area contributed by atoms with Crippen LogP contribution < -0.4 is 16.0 Å². The molecule has 11 nitrogen and oxygen atoms in total. The molecule has 2 aromatic heterocycles. The molecule has 0 saturated carbocycles. The molecule has 3 heterocycles. The summed E-state index contributed by atoms with van der Waals surface area (Å²) in [6.45, 7) is 2.32. The van der Waals surface area contributed by atoms with Crippen LogP contribution in [0.15, 0.2) is 62.6 Å². The van der Waals surface area contributed by atoms with Crippen LogP contribution in [0, 0.1) is 0 Å². The molecule has 0 bridgehead atoms. The molecular weight excluding hydrogens is 452 g/mol. The maximum absolute atomic E-state index is 12.8. The summed E-state index contributed by atoms with van der Waals surface area (Å²) in [5.74, 6) is 1.47. The molecule has 180 valence electrons. The van der Waals surface area contributed by atoms with E-state index in [2.05, 4.69) is 20.0 Å². The van der Waals surface area contributed by atoms with Gasteiger partial charge in [0.1, 0.15) is 12.3 Å². The van der Waals surface area contributed by atoms with E-state index in [1.807, 2.05) is 24.3 Å². The number of carbonyl (C=O) groups is 1. The van der Waals surface area contributed by atoms with Crippen LogP contribution in [0.3, 0.4) is 0 Å². The number of nitrogens with zero attached hydrogens (tertiary/aromatic N) is 5. The van der Waals surface area contributed by atoms with Crippen LogP contribution in [0.4, 0.5) is 0 Å². The van der Waals surface area contributed by atoms with Crippen LogP contribution in [0.25, 0.3) is 22.3 Å². The number of benzene rings is 2. The van der Waals surface area contributed by atoms with Crippen molar-refractivity contribution in [2.75, 3.05) is 33.3 Å². The highest BCUT2D eigenvalue weighted by Gasteiger charge is 2.24. The lowest BCUT2D eigenvalue weighted by atomic mass is 10.2. The summed E-state index contributed by atoms with van der Waals surface area (Å²) < 4.78 is 11.5. The molecule has 1 amide bonds. The van der Waals surface area contributed by atoms with E-state index in [4.69, 9.17) is 9.26 Å². The number of nitrogens with one attached hydrogen (secondary N) is 1. The van der Waals surface area contributed by atoms with Gasteiger partial charge in [-0.3, -0.25) is 19.1 Å².